The summed E-state index contributed by atoms with van der Waals surface area (Å²) in [5.41, 5.74) is 1.38. The van der Waals surface area contributed by atoms with Gasteiger partial charge >= 0.3 is 12.1 Å². The molecule has 35 heavy (non-hydrogen) atoms. The monoisotopic (exact) mass is 561 g/mol. The van der Waals surface area contributed by atoms with Crippen LogP contribution in [0.1, 0.15) is 22.3 Å². The smallest absolute Gasteiger partial charge is 0.475 e. The number of hydrogen-bond donors (Lipinski definition) is 2. The van der Waals surface area contributed by atoms with Crippen LogP contribution in [0.3, 0.4) is 0 Å². The first-order valence-electron chi connectivity index (χ1n) is 10.5. The molecule has 3 rings (SSSR count). The van der Waals surface area contributed by atoms with Crippen LogP contribution in [0.15, 0.2) is 53.0 Å². The van der Waals surface area contributed by atoms with Crippen molar-refractivity contribution in [1.29, 1.82) is 0 Å². The van der Waals surface area contributed by atoms with E-state index in [0.717, 1.165) is 23.1 Å². The summed E-state index contributed by atoms with van der Waals surface area (Å²) in [5, 5.41) is 10.3. The largest absolute Gasteiger partial charge is 0.490 e. The van der Waals surface area contributed by atoms with E-state index in [2.05, 4.69) is 21.2 Å². The molecular formula is C23H24BrF4N3O4. The van der Waals surface area contributed by atoms with Crippen molar-refractivity contribution < 1.29 is 37.1 Å². The summed E-state index contributed by atoms with van der Waals surface area (Å²) in [6.45, 7) is 3.61. The van der Waals surface area contributed by atoms with Gasteiger partial charge in [-0.1, -0.05) is 28.1 Å². The zero-order valence-electron chi connectivity index (χ0n) is 18.5. The van der Waals surface area contributed by atoms with Crippen LogP contribution in [0.4, 0.5) is 17.6 Å². The van der Waals surface area contributed by atoms with E-state index in [1.165, 1.54) is 12.1 Å². The zero-order valence-corrected chi connectivity index (χ0v) is 20.1. The molecule has 1 saturated heterocycles. The Bertz CT molecular complexity index is 995. The molecule has 12 heteroatoms. The number of halogens is 5. The van der Waals surface area contributed by atoms with Gasteiger partial charge in [0.2, 0.25) is 5.91 Å². The Kier molecular flexibility index (Phi) is 10.6. The predicted molar refractivity (Wildman–Crippen MR) is 123 cm³/mol. The predicted octanol–water partition coefficient (Wildman–Crippen LogP) is 3.69. The summed E-state index contributed by atoms with van der Waals surface area (Å²) in [5.74, 6) is -3.17. The number of nitrogens with one attached hydrogen (secondary N) is 1. The van der Waals surface area contributed by atoms with Crippen molar-refractivity contribution in [3.05, 3.63) is 69.9 Å². The number of hydrogen-bond acceptors (Lipinski definition) is 4. The highest BCUT2D eigenvalue weighted by molar-refractivity contribution is 9.10. The quantitative estimate of drug-likeness (QED) is 0.525. The van der Waals surface area contributed by atoms with Crippen molar-refractivity contribution in [2.24, 2.45) is 0 Å². The van der Waals surface area contributed by atoms with Gasteiger partial charge in [0.25, 0.3) is 5.91 Å². The highest BCUT2D eigenvalue weighted by atomic mass is 79.9. The Morgan fingerprint density at radius 2 is 1.54 bits per heavy atom. The maximum Gasteiger partial charge on any atom is 0.490 e. The minimum absolute atomic E-state index is 0.0502. The van der Waals surface area contributed by atoms with E-state index in [0.29, 0.717) is 31.7 Å². The van der Waals surface area contributed by atoms with Crippen LogP contribution in [0, 0.1) is 5.82 Å². The van der Waals surface area contributed by atoms with E-state index in [4.69, 9.17) is 9.90 Å². The van der Waals surface area contributed by atoms with Gasteiger partial charge in [-0.25, -0.2) is 9.18 Å². The zero-order chi connectivity index (χ0) is 26.0. The van der Waals surface area contributed by atoms with E-state index in [1.807, 2.05) is 17.0 Å². The molecule has 7 nitrogen and oxygen atoms in total. The summed E-state index contributed by atoms with van der Waals surface area (Å²) in [6.07, 6.45) is -4.82. The minimum Gasteiger partial charge on any atom is -0.475 e. The Morgan fingerprint density at radius 3 is 2.06 bits per heavy atom. The summed E-state index contributed by atoms with van der Waals surface area (Å²) in [7, 11) is 0. The fourth-order valence-electron chi connectivity index (χ4n) is 3.14. The van der Waals surface area contributed by atoms with Gasteiger partial charge < -0.3 is 20.2 Å². The number of alkyl halides is 3. The van der Waals surface area contributed by atoms with Crippen molar-refractivity contribution >= 4 is 33.7 Å². The van der Waals surface area contributed by atoms with Crippen LogP contribution in [0.5, 0.6) is 0 Å². The first-order chi connectivity index (χ1) is 16.5. The molecule has 0 aromatic heterocycles. The number of carboxylic acids is 1. The van der Waals surface area contributed by atoms with E-state index < -0.39 is 12.1 Å². The van der Waals surface area contributed by atoms with Gasteiger partial charge in [-0.3, -0.25) is 9.59 Å². The highest BCUT2D eigenvalue weighted by Gasteiger charge is 2.38. The molecular weight excluding hydrogens is 538 g/mol. The lowest BCUT2D eigenvalue weighted by Crippen LogP contribution is -2.47. The van der Waals surface area contributed by atoms with Gasteiger partial charge in [0, 0.05) is 55.7 Å². The Balaban J connectivity index is 0.000000540. The molecule has 1 aliphatic rings. The Hall–Kier alpha value is -2.99. The number of piperazine rings is 1. The molecule has 2 N–H and O–H groups in total. The molecule has 0 atom stereocenters. The second kappa shape index (κ2) is 13.2. The normalized spacial score (nSPS) is 13.5. The van der Waals surface area contributed by atoms with Crippen molar-refractivity contribution in [1.82, 2.24) is 15.1 Å². The number of carbonyl (C=O) groups is 3. The fourth-order valence-corrected chi connectivity index (χ4v) is 3.40. The maximum absolute atomic E-state index is 13.2. The standard InChI is InChI=1S/C21H23BrFN3O2.C2HF3O2/c22-18-5-3-17(4-6-18)21(28)26(15-16-1-7-19(23)8-2-16)12-9-20(27)25-13-10-24-11-14-25;3-2(4,5)1(6)7/h1-8,24H,9-15H2;(H,6,7). The lowest BCUT2D eigenvalue weighted by molar-refractivity contribution is -0.192. The Labute approximate surface area is 207 Å². The van der Waals surface area contributed by atoms with Crippen LogP contribution in [-0.4, -0.2) is 71.6 Å². The van der Waals surface area contributed by atoms with Crippen molar-refractivity contribution in [3.8, 4) is 0 Å². The molecule has 0 unspecified atom stereocenters. The van der Waals surface area contributed by atoms with Gasteiger partial charge in [0.05, 0.1) is 0 Å². The third-order valence-electron chi connectivity index (χ3n) is 4.97. The molecule has 0 spiro atoms. The average Bonchev–Trinajstić information content (AvgIpc) is 2.83. The molecule has 0 saturated carbocycles. The third-order valence-corrected chi connectivity index (χ3v) is 5.50. The molecule has 0 radical (unpaired) electrons. The number of aliphatic carboxylic acids is 1. The second-order valence-corrected chi connectivity index (χ2v) is 8.46. The van der Waals surface area contributed by atoms with Crippen molar-refractivity contribution in [3.63, 3.8) is 0 Å². The SMILES string of the molecule is O=C(CCN(Cc1ccc(F)cc1)C(=O)c1ccc(Br)cc1)N1CCNCC1.O=C(O)C(F)(F)F. The summed E-state index contributed by atoms with van der Waals surface area (Å²) >= 11 is 3.37. The van der Waals surface area contributed by atoms with Crippen LogP contribution in [0.25, 0.3) is 0 Å². The van der Waals surface area contributed by atoms with Crippen LogP contribution < -0.4 is 5.32 Å². The number of benzene rings is 2. The second-order valence-electron chi connectivity index (χ2n) is 7.54. The van der Waals surface area contributed by atoms with Crippen LogP contribution in [0.2, 0.25) is 0 Å². The lowest BCUT2D eigenvalue weighted by atomic mass is 10.1. The van der Waals surface area contributed by atoms with Crippen LogP contribution >= 0.6 is 15.9 Å². The average molecular weight is 562 g/mol. The molecule has 1 fully saturated rings. The molecule has 2 amide bonds. The lowest BCUT2D eigenvalue weighted by Gasteiger charge is -2.29. The molecule has 0 bridgehead atoms. The number of nitrogens with zero attached hydrogens (tertiary/aromatic N) is 2. The molecule has 0 aliphatic carbocycles. The molecule has 1 heterocycles. The van der Waals surface area contributed by atoms with Crippen LogP contribution in [-0.2, 0) is 16.1 Å². The van der Waals surface area contributed by atoms with Gasteiger partial charge in [0.1, 0.15) is 5.82 Å². The summed E-state index contributed by atoms with van der Waals surface area (Å²) < 4.78 is 45.8. The molecule has 1 aliphatic heterocycles. The van der Waals surface area contributed by atoms with Crippen molar-refractivity contribution in [2.75, 3.05) is 32.7 Å². The number of rotatable bonds is 6. The Morgan fingerprint density at radius 1 is 1.00 bits per heavy atom. The van der Waals surface area contributed by atoms with E-state index in [1.54, 1.807) is 29.2 Å². The van der Waals surface area contributed by atoms with Gasteiger partial charge in [-0.15, -0.1) is 0 Å². The van der Waals surface area contributed by atoms with Gasteiger partial charge in [0.15, 0.2) is 0 Å². The molecule has 2 aromatic rings. The maximum atomic E-state index is 13.2. The topological polar surface area (TPSA) is 90.0 Å². The summed E-state index contributed by atoms with van der Waals surface area (Å²) in [4.78, 5) is 37.9. The highest BCUT2D eigenvalue weighted by Crippen LogP contribution is 2.16. The number of carbonyl (C=O) groups excluding carboxylic acids is 2. The first kappa shape index (κ1) is 28.2. The van der Waals surface area contributed by atoms with E-state index in [9.17, 15) is 27.2 Å². The van der Waals surface area contributed by atoms with E-state index in [-0.39, 0.29) is 24.1 Å². The number of carboxylic acid groups (broad SMARTS) is 1. The van der Waals surface area contributed by atoms with Gasteiger partial charge in [-0.2, -0.15) is 13.2 Å². The summed E-state index contributed by atoms with van der Waals surface area (Å²) in [6, 6.07) is 13.2. The molecule has 2 aromatic carbocycles. The third kappa shape index (κ3) is 9.65. The van der Waals surface area contributed by atoms with E-state index >= 15 is 0 Å². The number of amides is 2. The van der Waals surface area contributed by atoms with Gasteiger partial charge in [-0.05, 0) is 42.0 Å². The minimum atomic E-state index is -5.08. The fraction of sp³-hybridized carbons (Fsp3) is 0.348. The molecule has 190 valence electrons. The first-order valence-corrected chi connectivity index (χ1v) is 11.3. The van der Waals surface area contributed by atoms with Crippen molar-refractivity contribution in [2.45, 2.75) is 19.1 Å².